The summed E-state index contributed by atoms with van der Waals surface area (Å²) in [6.07, 6.45) is 1.86. The Labute approximate surface area is 132 Å². The fraction of sp³-hybridized carbons (Fsp3) is 0.286. The maximum absolute atomic E-state index is 11.8. The van der Waals surface area contributed by atoms with Crippen LogP contribution < -0.4 is 10.6 Å². The second-order valence-corrected chi connectivity index (χ2v) is 5.05. The Balaban J connectivity index is 1.83. The molecule has 0 aliphatic heterocycles. The van der Waals surface area contributed by atoms with Gasteiger partial charge in [0.05, 0.1) is 6.20 Å². The smallest absolute Gasteiger partial charge is 0.242 e. The number of amides is 2. The van der Waals surface area contributed by atoms with Crippen LogP contribution in [-0.4, -0.2) is 26.8 Å². The van der Waals surface area contributed by atoms with Gasteiger partial charge in [-0.2, -0.15) is 0 Å². The number of benzene rings is 1. The van der Waals surface area contributed by atoms with Crippen molar-refractivity contribution in [1.29, 1.82) is 0 Å². The first-order chi connectivity index (χ1) is 10.6. The summed E-state index contributed by atoms with van der Waals surface area (Å²) >= 11 is 5.88. The van der Waals surface area contributed by atoms with Crippen LogP contribution in [0.4, 0.5) is 5.82 Å². The maximum atomic E-state index is 11.8. The number of hydrogen-bond acceptors (Lipinski definition) is 4. The predicted molar refractivity (Wildman–Crippen MR) is 82.2 cm³/mol. The fourth-order valence-corrected chi connectivity index (χ4v) is 1.93. The molecule has 0 spiro atoms. The van der Waals surface area contributed by atoms with Crippen molar-refractivity contribution < 1.29 is 9.59 Å². The minimum absolute atomic E-state index is 0.0234. The lowest BCUT2D eigenvalue weighted by Gasteiger charge is -2.05. The summed E-state index contributed by atoms with van der Waals surface area (Å²) in [5.74, 6) is -0.0369. The summed E-state index contributed by atoms with van der Waals surface area (Å²) < 4.78 is 1.36. The average molecular weight is 322 g/mol. The van der Waals surface area contributed by atoms with Gasteiger partial charge in [-0.15, -0.1) is 5.10 Å². The summed E-state index contributed by atoms with van der Waals surface area (Å²) in [7, 11) is 0. The molecule has 2 amide bonds. The Morgan fingerprint density at radius 3 is 2.86 bits per heavy atom. The number of anilines is 1. The van der Waals surface area contributed by atoms with E-state index in [2.05, 4.69) is 20.9 Å². The van der Waals surface area contributed by atoms with Gasteiger partial charge in [0, 0.05) is 18.0 Å². The lowest BCUT2D eigenvalue weighted by atomic mass is 10.2. The average Bonchev–Trinajstić information content (AvgIpc) is 2.92. The topological polar surface area (TPSA) is 88.9 Å². The predicted octanol–water partition coefficient (Wildman–Crippen LogP) is 1.60. The van der Waals surface area contributed by atoms with Gasteiger partial charge in [-0.05, 0) is 17.7 Å². The van der Waals surface area contributed by atoms with E-state index in [-0.39, 0.29) is 18.4 Å². The molecule has 0 saturated heterocycles. The summed E-state index contributed by atoms with van der Waals surface area (Å²) in [5, 5.41) is 13.5. The van der Waals surface area contributed by atoms with Gasteiger partial charge >= 0.3 is 0 Å². The van der Waals surface area contributed by atoms with Crippen LogP contribution in [0, 0.1) is 0 Å². The monoisotopic (exact) mass is 321 g/mol. The van der Waals surface area contributed by atoms with E-state index in [4.69, 9.17) is 11.6 Å². The van der Waals surface area contributed by atoms with Crippen molar-refractivity contribution in [3.05, 3.63) is 41.0 Å². The molecule has 0 atom stereocenters. The molecular weight excluding hydrogens is 306 g/mol. The van der Waals surface area contributed by atoms with Crippen molar-refractivity contribution in [2.45, 2.75) is 26.4 Å². The molecule has 2 aromatic rings. The molecule has 0 bridgehead atoms. The Kier molecular flexibility index (Phi) is 5.48. The Morgan fingerprint density at radius 1 is 1.32 bits per heavy atom. The molecule has 0 aliphatic rings. The highest BCUT2D eigenvalue weighted by Gasteiger charge is 2.07. The molecule has 0 saturated carbocycles. The third kappa shape index (κ3) is 4.85. The quantitative estimate of drug-likeness (QED) is 0.845. The molecule has 7 nitrogen and oxygen atoms in total. The van der Waals surface area contributed by atoms with Crippen molar-refractivity contribution >= 4 is 29.2 Å². The molecule has 8 heteroatoms. The number of halogens is 1. The first kappa shape index (κ1) is 16.0. The molecular formula is C14H16ClN5O2. The molecule has 1 aromatic heterocycles. The highest BCUT2D eigenvalue weighted by Crippen LogP contribution is 2.10. The first-order valence-corrected chi connectivity index (χ1v) is 7.15. The van der Waals surface area contributed by atoms with Gasteiger partial charge < -0.3 is 10.6 Å². The van der Waals surface area contributed by atoms with Crippen LogP contribution in [0.15, 0.2) is 30.5 Å². The van der Waals surface area contributed by atoms with E-state index >= 15 is 0 Å². The largest absolute Gasteiger partial charge is 0.350 e. The molecule has 22 heavy (non-hydrogen) atoms. The zero-order chi connectivity index (χ0) is 15.9. The summed E-state index contributed by atoms with van der Waals surface area (Å²) in [6, 6.07) is 7.26. The second kappa shape index (κ2) is 7.56. The van der Waals surface area contributed by atoms with Gasteiger partial charge in [0.15, 0.2) is 5.82 Å². The fourth-order valence-electron chi connectivity index (χ4n) is 1.71. The zero-order valence-corrected chi connectivity index (χ0v) is 12.8. The Bertz CT molecular complexity index is 671. The summed E-state index contributed by atoms with van der Waals surface area (Å²) in [4.78, 5) is 23.1. The van der Waals surface area contributed by atoms with Gasteiger partial charge in [-0.25, -0.2) is 4.68 Å². The highest BCUT2D eigenvalue weighted by atomic mass is 35.5. The number of hydrogen-bond donors (Lipinski definition) is 2. The van der Waals surface area contributed by atoms with Crippen LogP contribution in [0.2, 0.25) is 5.02 Å². The van der Waals surface area contributed by atoms with E-state index in [9.17, 15) is 9.59 Å². The standard InChI is InChI=1S/C14H16ClN5O2/c1-2-13(21)17-12-8-20(19-18-12)9-14(22)16-7-10-4-3-5-11(15)6-10/h3-6,8H,2,7,9H2,1H3,(H,16,22)(H,17,21). The third-order valence-corrected chi connectivity index (χ3v) is 3.05. The van der Waals surface area contributed by atoms with Crippen molar-refractivity contribution in [3.8, 4) is 0 Å². The van der Waals surface area contributed by atoms with Gasteiger partial charge in [0.2, 0.25) is 11.8 Å². The molecule has 116 valence electrons. The SMILES string of the molecule is CCC(=O)Nc1cn(CC(=O)NCc2cccc(Cl)c2)nn1. The molecule has 2 N–H and O–H groups in total. The minimum Gasteiger partial charge on any atom is -0.350 e. The van der Waals surface area contributed by atoms with E-state index in [1.165, 1.54) is 10.9 Å². The van der Waals surface area contributed by atoms with Crippen molar-refractivity contribution in [1.82, 2.24) is 20.3 Å². The Morgan fingerprint density at radius 2 is 2.14 bits per heavy atom. The van der Waals surface area contributed by atoms with Crippen molar-refractivity contribution in [2.75, 3.05) is 5.32 Å². The lowest BCUT2D eigenvalue weighted by molar-refractivity contribution is -0.122. The van der Waals surface area contributed by atoms with E-state index in [1.807, 2.05) is 12.1 Å². The van der Waals surface area contributed by atoms with Crippen LogP contribution in [0.5, 0.6) is 0 Å². The van der Waals surface area contributed by atoms with E-state index in [0.717, 1.165) is 5.56 Å². The maximum Gasteiger partial charge on any atom is 0.242 e. The van der Waals surface area contributed by atoms with Crippen LogP contribution >= 0.6 is 11.6 Å². The second-order valence-electron chi connectivity index (χ2n) is 4.61. The number of carbonyl (C=O) groups is 2. The van der Waals surface area contributed by atoms with E-state index in [0.29, 0.717) is 23.8 Å². The highest BCUT2D eigenvalue weighted by molar-refractivity contribution is 6.30. The van der Waals surface area contributed by atoms with Gasteiger partial charge in [-0.1, -0.05) is 35.9 Å². The van der Waals surface area contributed by atoms with Crippen LogP contribution in [0.25, 0.3) is 0 Å². The summed E-state index contributed by atoms with van der Waals surface area (Å²) in [5.41, 5.74) is 0.912. The molecule has 1 aromatic carbocycles. The number of rotatable bonds is 6. The lowest BCUT2D eigenvalue weighted by Crippen LogP contribution is -2.27. The van der Waals surface area contributed by atoms with Crippen molar-refractivity contribution in [2.24, 2.45) is 0 Å². The van der Waals surface area contributed by atoms with Crippen LogP contribution in [0.3, 0.4) is 0 Å². The van der Waals surface area contributed by atoms with E-state index in [1.54, 1.807) is 19.1 Å². The van der Waals surface area contributed by atoms with Crippen LogP contribution in [-0.2, 0) is 22.7 Å². The van der Waals surface area contributed by atoms with Gasteiger partial charge in [0.1, 0.15) is 6.54 Å². The molecule has 0 unspecified atom stereocenters. The molecule has 0 fully saturated rings. The zero-order valence-electron chi connectivity index (χ0n) is 12.0. The number of carbonyl (C=O) groups excluding carboxylic acids is 2. The number of nitrogens with zero attached hydrogens (tertiary/aromatic N) is 3. The number of aromatic nitrogens is 3. The van der Waals surface area contributed by atoms with Crippen molar-refractivity contribution in [3.63, 3.8) is 0 Å². The normalized spacial score (nSPS) is 10.3. The van der Waals surface area contributed by atoms with Crippen LogP contribution in [0.1, 0.15) is 18.9 Å². The molecule has 1 heterocycles. The molecule has 0 aliphatic carbocycles. The van der Waals surface area contributed by atoms with E-state index < -0.39 is 0 Å². The summed E-state index contributed by atoms with van der Waals surface area (Å²) in [6.45, 7) is 2.14. The molecule has 0 radical (unpaired) electrons. The number of nitrogens with one attached hydrogen (secondary N) is 2. The third-order valence-electron chi connectivity index (χ3n) is 2.81. The molecule has 2 rings (SSSR count). The minimum atomic E-state index is -0.210. The first-order valence-electron chi connectivity index (χ1n) is 6.78. The van der Waals surface area contributed by atoms with Gasteiger partial charge in [0.25, 0.3) is 0 Å². The Hall–Kier alpha value is -2.41. The van der Waals surface area contributed by atoms with Gasteiger partial charge in [-0.3, -0.25) is 9.59 Å².